The van der Waals surface area contributed by atoms with E-state index >= 15 is 0 Å². The molecule has 0 aliphatic rings. The number of carboxylic acids is 1. The van der Waals surface area contributed by atoms with Crippen molar-refractivity contribution in [2.75, 3.05) is 0 Å². The van der Waals surface area contributed by atoms with Gasteiger partial charge in [0.2, 0.25) is 17.7 Å². The van der Waals surface area contributed by atoms with Gasteiger partial charge in [0.15, 0.2) is 6.04 Å². The first kappa shape index (κ1) is 26.8. The molecule has 3 amide bonds. The maximum atomic E-state index is 12.7. The van der Waals surface area contributed by atoms with E-state index in [0.717, 1.165) is 0 Å². The molecule has 0 saturated carbocycles. The van der Waals surface area contributed by atoms with Gasteiger partial charge in [-0.05, 0) is 25.7 Å². The van der Waals surface area contributed by atoms with Crippen LogP contribution in [0.2, 0.25) is 0 Å². The maximum absolute atomic E-state index is 12.7. The molecule has 7 N–H and O–H groups in total. The van der Waals surface area contributed by atoms with E-state index in [9.17, 15) is 24.3 Å². The summed E-state index contributed by atoms with van der Waals surface area (Å²) in [5, 5.41) is 25.8. The topological polar surface area (TPSA) is 171 Å². The molecule has 0 heterocycles. The first-order chi connectivity index (χ1) is 13.4. The van der Waals surface area contributed by atoms with Crippen LogP contribution in [0, 0.1) is 11.8 Å². The summed E-state index contributed by atoms with van der Waals surface area (Å²) in [5.41, 5.74) is 5.94. The van der Waals surface area contributed by atoms with Crippen LogP contribution in [0.15, 0.2) is 0 Å². The number of hydrogen-bond acceptors (Lipinski definition) is 6. The molecule has 168 valence electrons. The first-order valence-electron chi connectivity index (χ1n) is 9.94. The molecule has 0 spiro atoms. The second kappa shape index (κ2) is 12.4. The second-order valence-electron chi connectivity index (χ2n) is 7.58. The van der Waals surface area contributed by atoms with Gasteiger partial charge in [0.25, 0.3) is 0 Å². The largest absolute Gasteiger partial charge is 0.480 e. The van der Waals surface area contributed by atoms with E-state index in [2.05, 4.69) is 16.0 Å². The number of hydrogen-bond donors (Lipinski definition) is 6. The maximum Gasteiger partial charge on any atom is 0.328 e. The van der Waals surface area contributed by atoms with Gasteiger partial charge < -0.3 is 31.9 Å². The molecule has 0 radical (unpaired) electrons. The van der Waals surface area contributed by atoms with E-state index in [1.807, 2.05) is 20.8 Å². The lowest BCUT2D eigenvalue weighted by Crippen LogP contribution is -2.59. The highest BCUT2D eigenvalue weighted by Gasteiger charge is 2.32. The van der Waals surface area contributed by atoms with Gasteiger partial charge in [-0.25, -0.2) is 4.79 Å². The third-order valence-corrected chi connectivity index (χ3v) is 5.15. The van der Waals surface area contributed by atoms with Crippen molar-refractivity contribution in [3.8, 4) is 0 Å². The lowest BCUT2D eigenvalue weighted by atomic mass is 9.95. The zero-order valence-corrected chi connectivity index (χ0v) is 18.1. The van der Waals surface area contributed by atoms with Crippen molar-refractivity contribution in [1.82, 2.24) is 16.0 Å². The van der Waals surface area contributed by atoms with E-state index in [0.29, 0.717) is 12.8 Å². The third-order valence-electron chi connectivity index (χ3n) is 5.15. The highest BCUT2D eigenvalue weighted by atomic mass is 16.4. The Balaban J connectivity index is 5.16. The van der Waals surface area contributed by atoms with Crippen LogP contribution in [0.5, 0.6) is 0 Å². The minimum absolute atomic E-state index is 0.0613. The van der Waals surface area contributed by atoms with Crippen LogP contribution in [0.3, 0.4) is 0 Å². The van der Waals surface area contributed by atoms with Crippen molar-refractivity contribution in [3.63, 3.8) is 0 Å². The molecule has 0 aromatic rings. The Labute approximate surface area is 172 Å². The Hall–Kier alpha value is -2.20. The highest BCUT2D eigenvalue weighted by Crippen LogP contribution is 2.11. The molecule has 0 rings (SSSR count). The van der Waals surface area contributed by atoms with Crippen LogP contribution in [0.1, 0.15) is 54.4 Å². The quantitative estimate of drug-likeness (QED) is 0.245. The Morgan fingerprint density at radius 2 is 1.28 bits per heavy atom. The number of carboxylic acid groups (broad SMARTS) is 1. The molecule has 0 bridgehead atoms. The van der Waals surface area contributed by atoms with Crippen molar-refractivity contribution in [1.29, 1.82) is 0 Å². The highest BCUT2D eigenvalue weighted by molar-refractivity contribution is 5.94. The van der Waals surface area contributed by atoms with E-state index in [1.54, 1.807) is 6.92 Å². The number of nitrogens with two attached hydrogens (primary N) is 1. The first-order valence-corrected chi connectivity index (χ1v) is 9.94. The van der Waals surface area contributed by atoms with Gasteiger partial charge >= 0.3 is 5.97 Å². The summed E-state index contributed by atoms with van der Waals surface area (Å²) in [5.74, 6) is -3.46. The average Bonchev–Trinajstić information content (AvgIpc) is 2.66. The van der Waals surface area contributed by atoms with Crippen LogP contribution >= 0.6 is 0 Å². The summed E-state index contributed by atoms with van der Waals surface area (Å²) in [4.78, 5) is 48.4. The number of carbonyl (C=O) groups is 4. The van der Waals surface area contributed by atoms with Gasteiger partial charge in [-0.1, -0.05) is 40.5 Å². The fraction of sp³-hybridized carbons (Fsp3) is 0.789. The molecular weight excluding hydrogens is 380 g/mol. The number of rotatable bonds is 12. The van der Waals surface area contributed by atoms with Crippen LogP contribution < -0.4 is 21.7 Å². The van der Waals surface area contributed by atoms with Crippen molar-refractivity contribution in [3.05, 3.63) is 0 Å². The van der Waals surface area contributed by atoms with Crippen molar-refractivity contribution < 1.29 is 29.4 Å². The van der Waals surface area contributed by atoms with Gasteiger partial charge in [0.05, 0.1) is 12.1 Å². The molecule has 10 nitrogen and oxygen atoms in total. The molecular formula is C19H36N4O6. The molecule has 0 aliphatic heterocycles. The summed E-state index contributed by atoms with van der Waals surface area (Å²) in [6.07, 6.45) is -0.00534. The lowest BCUT2D eigenvalue weighted by Gasteiger charge is -2.28. The molecule has 7 unspecified atom stereocenters. The fourth-order valence-electron chi connectivity index (χ4n) is 2.50. The van der Waals surface area contributed by atoms with Crippen molar-refractivity contribution in [2.24, 2.45) is 17.6 Å². The molecule has 7 atom stereocenters. The minimum atomic E-state index is -1.50. The standard InChI is InChI=1S/C19H36N4O6/c1-7-9(3)13(20)17(26)22-14(10(4)8-2)18(27)21-11(5)16(25)23-15(12(6)24)19(28)29/h9-15,24H,7-8,20H2,1-6H3,(H,21,27)(H,22,26)(H,23,25)(H,28,29). The van der Waals surface area contributed by atoms with E-state index in [4.69, 9.17) is 10.8 Å². The molecule has 0 aromatic heterocycles. The predicted octanol–water partition coefficient (Wildman–Crippen LogP) is -0.654. The van der Waals surface area contributed by atoms with Crippen molar-refractivity contribution in [2.45, 2.75) is 84.7 Å². The summed E-state index contributed by atoms with van der Waals surface area (Å²) < 4.78 is 0. The Bertz CT molecular complexity index is 583. The van der Waals surface area contributed by atoms with Crippen LogP contribution in [0.4, 0.5) is 0 Å². The van der Waals surface area contributed by atoms with Gasteiger partial charge in [0, 0.05) is 0 Å². The number of amides is 3. The smallest absolute Gasteiger partial charge is 0.328 e. The van der Waals surface area contributed by atoms with Gasteiger partial charge in [-0.3, -0.25) is 14.4 Å². The number of nitrogens with one attached hydrogen (secondary N) is 3. The van der Waals surface area contributed by atoms with E-state index in [-0.39, 0.29) is 11.8 Å². The number of carbonyl (C=O) groups excluding carboxylic acids is 3. The number of aliphatic hydroxyl groups excluding tert-OH is 1. The van der Waals surface area contributed by atoms with Gasteiger partial charge in [-0.15, -0.1) is 0 Å². The van der Waals surface area contributed by atoms with Crippen molar-refractivity contribution >= 4 is 23.7 Å². The van der Waals surface area contributed by atoms with E-state index < -0.39 is 54.0 Å². The van der Waals surface area contributed by atoms with E-state index in [1.165, 1.54) is 13.8 Å². The third kappa shape index (κ3) is 8.36. The predicted molar refractivity (Wildman–Crippen MR) is 108 cm³/mol. The van der Waals surface area contributed by atoms with Crippen LogP contribution in [-0.4, -0.2) is 64.2 Å². The SMILES string of the molecule is CCC(C)C(N)C(=O)NC(C(=O)NC(C)C(=O)NC(C(=O)O)C(C)O)C(C)CC. The van der Waals surface area contributed by atoms with Gasteiger partial charge in [0.1, 0.15) is 12.1 Å². The molecule has 0 saturated heterocycles. The summed E-state index contributed by atoms with van der Waals surface area (Å²) >= 11 is 0. The summed E-state index contributed by atoms with van der Waals surface area (Å²) in [6, 6.07) is -4.23. The Kier molecular flexibility index (Phi) is 11.4. The van der Waals surface area contributed by atoms with Gasteiger partial charge in [-0.2, -0.15) is 0 Å². The van der Waals surface area contributed by atoms with Crippen LogP contribution in [0.25, 0.3) is 0 Å². The molecule has 0 fully saturated rings. The minimum Gasteiger partial charge on any atom is -0.480 e. The fourth-order valence-corrected chi connectivity index (χ4v) is 2.50. The Morgan fingerprint density at radius 3 is 1.69 bits per heavy atom. The number of aliphatic carboxylic acids is 1. The molecule has 0 aromatic carbocycles. The monoisotopic (exact) mass is 416 g/mol. The zero-order valence-electron chi connectivity index (χ0n) is 18.1. The lowest BCUT2D eigenvalue weighted by molar-refractivity contribution is -0.145. The summed E-state index contributed by atoms with van der Waals surface area (Å²) in [7, 11) is 0. The Morgan fingerprint density at radius 1 is 0.793 bits per heavy atom. The zero-order chi connectivity index (χ0) is 22.9. The molecule has 10 heteroatoms. The summed E-state index contributed by atoms with van der Waals surface area (Å²) in [6.45, 7) is 10.0. The average molecular weight is 417 g/mol. The molecule has 0 aliphatic carbocycles. The van der Waals surface area contributed by atoms with Crippen LogP contribution in [-0.2, 0) is 19.2 Å². The molecule has 29 heavy (non-hydrogen) atoms. The number of aliphatic hydroxyl groups is 1. The second-order valence-corrected chi connectivity index (χ2v) is 7.58. The normalized spacial score (nSPS) is 18.3.